The number of benzene rings is 1. The molecule has 14 heavy (non-hydrogen) atoms. The molecule has 76 valence electrons. The third-order valence-corrected chi connectivity index (χ3v) is 2.81. The second-order valence-electron chi connectivity index (χ2n) is 3.08. The number of carboxylic acids is 1. The first-order chi connectivity index (χ1) is 6.50. The Morgan fingerprint density at radius 3 is 2.79 bits per heavy atom. The molecule has 0 saturated heterocycles. The summed E-state index contributed by atoms with van der Waals surface area (Å²) in [6.07, 6.45) is 0.357. The molecule has 1 aromatic carbocycles. The van der Waals surface area contributed by atoms with Gasteiger partial charge in [0.25, 0.3) is 0 Å². The normalized spacial score (nSPS) is 12.5. The zero-order valence-electron chi connectivity index (χ0n) is 7.63. The first-order valence-corrected chi connectivity index (χ1v) is 5.35. The predicted molar refractivity (Wildman–Crippen MR) is 59.9 cm³/mol. The molecule has 1 aromatic rings. The molecule has 0 amide bonds. The molecular weight excluding hydrogens is 267 g/mol. The van der Waals surface area contributed by atoms with Gasteiger partial charge in [0, 0.05) is 4.47 Å². The summed E-state index contributed by atoms with van der Waals surface area (Å²) in [7, 11) is 0. The number of aryl methyl sites for hydroxylation is 1. The van der Waals surface area contributed by atoms with Crippen molar-refractivity contribution in [2.75, 3.05) is 0 Å². The van der Waals surface area contributed by atoms with Crippen molar-refractivity contribution in [1.29, 1.82) is 0 Å². The van der Waals surface area contributed by atoms with Gasteiger partial charge in [-0.2, -0.15) is 0 Å². The first kappa shape index (κ1) is 11.5. The summed E-state index contributed by atoms with van der Waals surface area (Å²) in [5, 5.41) is 7.80. The molecule has 0 heterocycles. The van der Waals surface area contributed by atoms with Crippen LogP contribution in [0.5, 0.6) is 0 Å². The van der Waals surface area contributed by atoms with Crippen LogP contribution in [-0.4, -0.2) is 16.5 Å². The van der Waals surface area contributed by atoms with Gasteiger partial charge < -0.3 is 5.11 Å². The lowest BCUT2D eigenvalue weighted by molar-refractivity contribution is -0.136. The van der Waals surface area contributed by atoms with E-state index in [2.05, 4.69) is 15.9 Å². The van der Waals surface area contributed by atoms with Crippen LogP contribution in [0.4, 0.5) is 0 Å². The van der Waals surface area contributed by atoms with Crippen molar-refractivity contribution < 1.29 is 9.90 Å². The summed E-state index contributed by atoms with van der Waals surface area (Å²) in [4.78, 5) is 10.5. The summed E-state index contributed by atoms with van der Waals surface area (Å²) in [5.41, 5.74) is 2.02. The number of carbonyl (C=O) groups is 1. The van der Waals surface area contributed by atoms with Gasteiger partial charge in [-0.1, -0.05) is 22.0 Å². The maximum absolute atomic E-state index is 10.5. The Kier molecular flexibility index (Phi) is 3.96. The van der Waals surface area contributed by atoms with Crippen LogP contribution in [0.15, 0.2) is 22.7 Å². The molecular formula is C10H10BrClO2. The standard InChI is InChI=1S/C10H10BrClO2/c1-6-4-8(11)3-2-7(6)5-9(12)10(13)14/h2-4,9H,5H2,1H3,(H,13,14). The summed E-state index contributed by atoms with van der Waals surface area (Å²) in [6.45, 7) is 1.94. The Morgan fingerprint density at radius 2 is 2.29 bits per heavy atom. The van der Waals surface area contributed by atoms with Crippen molar-refractivity contribution >= 4 is 33.5 Å². The van der Waals surface area contributed by atoms with Crippen LogP contribution < -0.4 is 0 Å². The number of halogens is 2. The van der Waals surface area contributed by atoms with E-state index in [1.807, 2.05) is 25.1 Å². The number of hydrogen-bond acceptors (Lipinski definition) is 1. The van der Waals surface area contributed by atoms with Gasteiger partial charge in [0.2, 0.25) is 0 Å². The molecule has 0 saturated carbocycles. The Morgan fingerprint density at radius 1 is 1.64 bits per heavy atom. The van der Waals surface area contributed by atoms with Crippen molar-refractivity contribution in [3.63, 3.8) is 0 Å². The van der Waals surface area contributed by atoms with Gasteiger partial charge in [0.05, 0.1) is 0 Å². The van der Waals surface area contributed by atoms with E-state index < -0.39 is 11.3 Å². The average Bonchev–Trinajstić information content (AvgIpc) is 2.09. The Bertz CT molecular complexity index is 352. The Labute approximate surface area is 96.0 Å². The maximum atomic E-state index is 10.5. The predicted octanol–water partition coefficient (Wildman–Crippen LogP) is 2.99. The fourth-order valence-corrected chi connectivity index (χ4v) is 1.81. The maximum Gasteiger partial charge on any atom is 0.321 e. The molecule has 0 bridgehead atoms. The monoisotopic (exact) mass is 276 g/mol. The van der Waals surface area contributed by atoms with Crippen molar-refractivity contribution in [1.82, 2.24) is 0 Å². The second kappa shape index (κ2) is 4.80. The largest absolute Gasteiger partial charge is 0.480 e. The lowest BCUT2D eigenvalue weighted by Crippen LogP contribution is -2.16. The van der Waals surface area contributed by atoms with Gasteiger partial charge in [-0.05, 0) is 36.6 Å². The molecule has 1 rings (SSSR count). The fraction of sp³-hybridized carbons (Fsp3) is 0.300. The summed E-state index contributed by atoms with van der Waals surface area (Å²) < 4.78 is 0.986. The number of rotatable bonds is 3. The highest BCUT2D eigenvalue weighted by Crippen LogP contribution is 2.18. The number of hydrogen-bond donors (Lipinski definition) is 1. The zero-order valence-corrected chi connectivity index (χ0v) is 9.97. The van der Waals surface area contributed by atoms with Crippen molar-refractivity contribution in [3.8, 4) is 0 Å². The van der Waals surface area contributed by atoms with Crippen LogP contribution in [0.2, 0.25) is 0 Å². The number of alkyl halides is 1. The SMILES string of the molecule is Cc1cc(Br)ccc1CC(Cl)C(=O)O. The van der Waals surface area contributed by atoms with Gasteiger partial charge >= 0.3 is 5.97 Å². The van der Waals surface area contributed by atoms with Crippen LogP contribution in [0.3, 0.4) is 0 Å². The lowest BCUT2D eigenvalue weighted by Gasteiger charge is -2.07. The summed E-state index contributed by atoms with van der Waals surface area (Å²) >= 11 is 8.99. The lowest BCUT2D eigenvalue weighted by atomic mass is 10.0. The molecule has 0 aliphatic rings. The van der Waals surface area contributed by atoms with E-state index in [0.717, 1.165) is 15.6 Å². The highest BCUT2D eigenvalue weighted by Gasteiger charge is 2.15. The molecule has 4 heteroatoms. The van der Waals surface area contributed by atoms with E-state index in [0.29, 0.717) is 6.42 Å². The van der Waals surface area contributed by atoms with Crippen LogP contribution in [-0.2, 0) is 11.2 Å². The molecule has 2 nitrogen and oxygen atoms in total. The van der Waals surface area contributed by atoms with Crippen LogP contribution in [0, 0.1) is 6.92 Å². The minimum absolute atomic E-state index is 0.357. The van der Waals surface area contributed by atoms with E-state index in [1.54, 1.807) is 0 Å². The van der Waals surface area contributed by atoms with Crippen LogP contribution >= 0.6 is 27.5 Å². The van der Waals surface area contributed by atoms with Gasteiger partial charge in [-0.3, -0.25) is 4.79 Å². The van der Waals surface area contributed by atoms with E-state index in [-0.39, 0.29) is 0 Å². The van der Waals surface area contributed by atoms with E-state index in [9.17, 15) is 4.79 Å². The number of carboxylic acid groups (broad SMARTS) is 1. The molecule has 1 unspecified atom stereocenters. The molecule has 0 spiro atoms. The average molecular weight is 278 g/mol. The van der Waals surface area contributed by atoms with Crippen molar-refractivity contribution in [2.45, 2.75) is 18.7 Å². The van der Waals surface area contributed by atoms with E-state index in [1.165, 1.54) is 0 Å². The highest BCUT2D eigenvalue weighted by atomic mass is 79.9. The molecule has 0 aliphatic carbocycles. The van der Waals surface area contributed by atoms with E-state index >= 15 is 0 Å². The van der Waals surface area contributed by atoms with Gasteiger partial charge in [0.1, 0.15) is 5.38 Å². The van der Waals surface area contributed by atoms with Crippen molar-refractivity contribution in [3.05, 3.63) is 33.8 Å². The minimum atomic E-state index is -0.978. The first-order valence-electron chi connectivity index (χ1n) is 4.12. The second-order valence-corrected chi connectivity index (χ2v) is 4.52. The summed E-state index contributed by atoms with van der Waals surface area (Å²) in [5.74, 6) is -0.978. The molecule has 0 aromatic heterocycles. The van der Waals surface area contributed by atoms with Gasteiger partial charge in [-0.25, -0.2) is 0 Å². The quantitative estimate of drug-likeness (QED) is 0.863. The van der Waals surface area contributed by atoms with E-state index in [4.69, 9.17) is 16.7 Å². The summed E-state index contributed by atoms with van der Waals surface area (Å²) in [6, 6.07) is 5.71. The minimum Gasteiger partial charge on any atom is -0.480 e. The smallest absolute Gasteiger partial charge is 0.321 e. The Balaban J connectivity index is 2.82. The zero-order chi connectivity index (χ0) is 10.7. The molecule has 0 fully saturated rings. The van der Waals surface area contributed by atoms with Gasteiger partial charge in [-0.15, -0.1) is 11.6 Å². The Hall–Kier alpha value is -0.540. The third-order valence-electron chi connectivity index (χ3n) is 1.97. The third kappa shape index (κ3) is 3.00. The number of aliphatic carboxylic acids is 1. The van der Waals surface area contributed by atoms with Gasteiger partial charge in [0.15, 0.2) is 0 Å². The van der Waals surface area contributed by atoms with Crippen LogP contribution in [0.25, 0.3) is 0 Å². The highest BCUT2D eigenvalue weighted by molar-refractivity contribution is 9.10. The molecule has 1 atom stereocenters. The molecule has 0 radical (unpaired) electrons. The topological polar surface area (TPSA) is 37.3 Å². The fourth-order valence-electron chi connectivity index (χ4n) is 1.17. The van der Waals surface area contributed by atoms with Crippen LogP contribution in [0.1, 0.15) is 11.1 Å². The van der Waals surface area contributed by atoms with Crippen molar-refractivity contribution in [2.24, 2.45) is 0 Å². The molecule has 0 aliphatic heterocycles. The molecule has 1 N–H and O–H groups in total.